The van der Waals surface area contributed by atoms with Crippen LogP contribution in [0, 0.1) is 6.92 Å². The molecule has 1 saturated heterocycles. The highest BCUT2D eigenvalue weighted by Crippen LogP contribution is 2.35. The fourth-order valence-electron chi connectivity index (χ4n) is 3.93. The number of nitrogens with two attached hydrogens (primary N) is 1. The van der Waals surface area contributed by atoms with E-state index in [4.69, 9.17) is 10.7 Å². The number of nitrogens with zero attached hydrogens (tertiary/aromatic N) is 7. The molecule has 2 atom stereocenters. The molecular formula is C21H27N9OS2. The average Bonchev–Trinajstić information content (AvgIpc) is 3.45. The maximum absolute atomic E-state index is 12.6. The van der Waals surface area contributed by atoms with Crippen LogP contribution in [-0.4, -0.2) is 66.1 Å². The van der Waals surface area contributed by atoms with Crippen molar-refractivity contribution in [3.8, 4) is 11.1 Å². The molecule has 4 aromatic heterocycles. The van der Waals surface area contributed by atoms with Crippen molar-refractivity contribution in [1.29, 1.82) is 0 Å². The quantitative estimate of drug-likeness (QED) is 0.414. The number of nitrogens with one attached hydrogen (secondary N) is 1. The maximum atomic E-state index is 12.6. The number of anilines is 3. The molecule has 5 heterocycles. The molecule has 4 aromatic rings. The molecule has 10 nitrogen and oxygen atoms in total. The fourth-order valence-corrected chi connectivity index (χ4v) is 6.41. The lowest BCUT2D eigenvalue weighted by Gasteiger charge is -2.41. The second-order valence-corrected chi connectivity index (χ2v) is 11.3. The van der Waals surface area contributed by atoms with E-state index < -0.39 is 11.0 Å². The van der Waals surface area contributed by atoms with Crippen LogP contribution in [0.2, 0.25) is 0 Å². The van der Waals surface area contributed by atoms with Crippen molar-refractivity contribution in [3.05, 3.63) is 36.3 Å². The Bertz CT molecular complexity index is 1340. The van der Waals surface area contributed by atoms with E-state index in [1.807, 2.05) is 58.8 Å². The monoisotopic (exact) mass is 485 g/mol. The SMILES string of the molecule is Cc1cc(Nc2cc(N3CCC3CN)nc3c(-c4cnn(C)c4)cnn23)sc1S(=O)N(C)C. The van der Waals surface area contributed by atoms with Crippen molar-refractivity contribution in [3.63, 3.8) is 0 Å². The van der Waals surface area contributed by atoms with Crippen molar-refractivity contribution in [2.24, 2.45) is 12.8 Å². The van der Waals surface area contributed by atoms with Crippen molar-refractivity contribution in [2.75, 3.05) is 37.4 Å². The third kappa shape index (κ3) is 3.92. The summed E-state index contributed by atoms with van der Waals surface area (Å²) in [7, 11) is 4.32. The third-order valence-electron chi connectivity index (χ3n) is 5.80. The van der Waals surface area contributed by atoms with E-state index >= 15 is 0 Å². The molecule has 0 aromatic carbocycles. The summed E-state index contributed by atoms with van der Waals surface area (Å²) in [5.74, 6) is 1.65. The van der Waals surface area contributed by atoms with Crippen molar-refractivity contribution < 1.29 is 4.21 Å². The highest BCUT2D eigenvalue weighted by atomic mass is 32.2. The summed E-state index contributed by atoms with van der Waals surface area (Å²) in [5, 5.41) is 13.3. The van der Waals surface area contributed by atoms with E-state index in [1.54, 1.807) is 13.5 Å². The molecule has 1 aliphatic heterocycles. The van der Waals surface area contributed by atoms with Gasteiger partial charge in [0.25, 0.3) is 0 Å². The van der Waals surface area contributed by atoms with Crippen LogP contribution in [0.4, 0.5) is 16.6 Å². The summed E-state index contributed by atoms with van der Waals surface area (Å²) >= 11 is 1.48. The molecule has 2 unspecified atom stereocenters. The van der Waals surface area contributed by atoms with Gasteiger partial charge in [0.05, 0.1) is 17.4 Å². The summed E-state index contributed by atoms with van der Waals surface area (Å²) in [5.41, 5.74) is 9.57. The first-order chi connectivity index (χ1) is 15.9. The lowest BCUT2D eigenvalue weighted by atomic mass is 10.0. The van der Waals surface area contributed by atoms with Crippen molar-refractivity contribution in [1.82, 2.24) is 28.7 Å². The van der Waals surface area contributed by atoms with Gasteiger partial charge in [-0.2, -0.15) is 14.7 Å². The molecular weight excluding hydrogens is 458 g/mol. The zero-order valence-corrected chi connectivity index (χ0v) is 20.7. The van der Waals surface area contributed by atoms with Crippen LogP contribution >= 0.6 is 11.3 Å². The van der Waals surface area contributed by atoms with Crippen molar-refractivity contribution >= 4 is 44.6 Å². The summed E-state index contributed by atoms with van der Waals surface area (Å²) in [6.07, 6.45) is 6.65. The number of hydrogen-bond donors (Lipinski definition) is 2. The minimum Gasteiger partial charge on any atom is -0.352 e. The highest BCUT2D eigenvalue weighted by Gasteiger charge is 2.29. The summed E-state index contributed by atoms with van der Waals surface area (Å²) in [6.45, 7) is 3.49. The molecule has 0 radical (unpaired) electrons. The van der Waals surface area contributed by atoms with Gasteiger partial charge in [-0.05, 0) is 39.1 Å². The van der Waals surface area contributed by atoms with Gasteiger partial charge in [0.1, 0.15) is 26.8 Å². The second-order valence-electron chi connectivity index (χ2n) is 8.34. The number of thiophene rings is 1. The number of rotatable bonds is 7. The van der Waals surface area contributed by atoms with Gasteiger partial charge in [0.15, 0.2) is 5.65 Å². The van der Waals surface area contributed by atoms with Gasteiger partial charge in [-0.25, -0.2) is 13.5 Å². The molecule has 0 spiro atoms. The van der Waals surface area contributed by atoms with Crippen LogP contribution in [0.1, 0.15) is 12.0 Å². The standard InChI is InChI=1S/C21H27N9OS2/c1-13-7-19(32-21(13)33(31)27(2)3)25-18-8-17(29-6-5-15(29)9-22)26-20-16(11-24-30(18)20)14-10-23-28(4)12-14/h7-8,10-12,15,25H,5-6,9,22H2,1-4H3. The van der Waals surface area contributed by atoms with Crippen molar-refractivity contribution in [2.45, 2.75) is 23.6 Å². The zero-order chi connectivity index (χ0) is 23.3. The lowest BCUT2D eigenvalue weighted by Crippen LogP contribution is -2.52. The predicted molar refractivity (Wildman–Crippen MR) is 132 cm³/mol. The Morgan fingerprint density at radius 3 is 2.76 bits per heavy atom. The number of aryl methyl sites for hydroxylation is 2. The first-order valence-electron chi connectivity index (χ1n) is 10.7. The first kappa shape index (κ1) is 22.0. The van der Waals surface area contributed by atoms with Crippen LogP contribution in [0.15, 0.2) is 34.9 Å². The zero-order valence-electron chi connectivity index (χ0n) is 19.0. The van der Waals surface area contributed by atoms with Gasteiger partial charge in [0, 0.05) is 49.6 Å². The Balaban J connectivity index is 1.60. The van der Waals surface area contributed by atoms with E-state index in [-0.39, 0.29) is 6.04 Å². The molecule has 0 saturated carbocycles. The van der Waals surface area contributed by atoms with Crippen LogP contribution in [-0.2, 0) is 18.0 Å². The number of fused-ring (bicyclic) bond motifs is 1. The predicted octanol–water partition coefficient (Wildman–Crippen LogP) is 2.36. The van der Waals surface area contributed by atoms with Crippen LogP contribution in [0.3, 0.4) is 0 Å². The third-order valence-corrected chi connectivity index (χ3v) is 8.73. The first-order valence-corrected chi connectivity index (χ1v) is 12.6. The van der Waals surface area contributed by atoms with Crippen LogP contribution < -0.4 is 16.0 Å². The highest BCUT2D eigenvalue weighted by molar-refractivity contribution is 7.85. The van der Waals surface area contributed by atoms with Gasteiger partial charge < -0.3 is 16.0 Å². The van der Waals surface area contributed by atoms with E-state index in [2.05, 4.69) is 20.4 Å². The topological polar surface area (TPSA) is 110 Å². The van der Waals surface area contributed by atoms with Gasteiger partial charge >= 0.3 is 0 Å². The van der Waals surface area contributed by atoms with E-state index in [0.717, 1.165) is 56.1 Å². The summed E-state index contributed by atoms with van der Waals surface area (Å²) in [4.78, 5) is 7.19. The fraction of sp³-hybridized carbons (Fsp3) is 0.381. The summed E-state index contributed by atoms with van der Waals surface area (Å²) in [6, 6.07) is 4.31. The van der Waals surface area contributed by atoms with Gasteiger partial charge in [-0.3, -0.25) is 4.68 Å². The number of aromatic nitrogens is 5. The molecule has 1 aliphatic rings. The molecule has 0 bridgehead atoms. The van der Waals surface area contributed by atoms with Crippen LogP contribution in [0.5, 0.6) is 0 Å². The minimum absolute atomic E-state index is 0.288. The molecule has 12 heteroatoms. The van der Waals surface area contributed by atoms with Gasteiger partial charge in [-0.1, -0.05) is 0 Å². The molecule has 0 aliphatic carbocycles. The molecule has 5 rings (SSSR count). The number of hydrogen-bond acceptors (Lipinski definition) is 8. The lowest BCUT2D eigenvalue weighted by molar-refractivity contribution is 0.452. The minimum atomic E-state index is -1.19. The molecule has 1 fully saturated rings. The van der Waals surface area contributed by atoms with E-state index in [9.17, 15) is 4.21 Å². The second kappa shape index (κ2) is 8.52. The maximum Gasteiger partial charge on any atom is 0.167 e. The Labute approximate surface area is 198 Å². The Morgan fingerprint density at radius 2 is 2.12 bits per heavy atom. The Hall–Kier alpha value is -2.80. The van der Waals surface area contributed by atoms with Gasteiger partial charge in [-0.15, -0.1) is 11.3 Å². The Morgan fingerprint density at radius 1 is 1.30 bits per heavy atom. The molecule has 174 valence electrons. The van der Waals surface area contributed by atoms with E-state index in [1.165, 1.54) is 11.3 Å². The largest absolute Gasteiger partial charge is 0.352 e. The van der Waals surface area contributed by atoms with Crippen LogP contribution in [0.25, 0.3) is 16.8 Å². The normalized spacial score (nSPS) is 17.0. The molecule has 33 heavy (non-hydrogen) atoms. The Kier molecular flexibility index (Phi) is 5.69. The van der Waals surface area contributed by atoms with Gasteiger partial charge in [0.2, 0.25) is 0 Å². The molecule has 0 amide bonds. The molecule has 3 N–H and O–H groups in total. The average molecular weight is 486 g/mol. The smallest absolute Gasteiger partial charge is 0.167 e. The summed E-state index contributed by atoms with van der Waals surface area (Å²) < 4.78 is 18.7. The van der Waals surface area contributed by atoms with E-state index in [0.29, 0.717) is 6.54 Å².